The molecule has 2 unspecified atom stereocenters. The van der Waals surface area contributed by atoms with Crippen molar-refractivity contribution in [3.8, 4) is 0 Å². The third kappa shape index (κ3) is 6.67. The number of rotatable bonds is 9. The Hall–Kier alpha value is -3.95. The van der Waals surface area contributed by atoms with Crippen LogP contribution in [0.15, 0.2) is 48.5 Å². The van der Waals surface area contributed by atoms with Crippen LogP contribution in [-0.4, -0.2) is 51.3 Å². The maximum atomic E-state index is 14.1. The van der Waals surface area contributed by atoms with Crippen molar-refractivity contribution >= 4 is 28.9 Å². The van der Waals surface area contributed by atoms with Gasteiger partial charge >= 0.3 is 6.03 Å². The lowest BCUT2D eigenvalue weighted by atomic mass is 9.99. The molecule has 10 heteroatoms. The highest BCUT2D eigenvalue weighted by Gasteiger charge is 2.31. The van der Waals surface area contributed by atoms with E-state index in [0.29, 0.717) is 17.9 Å². The van der Waals surface area contributed by atoms with E-state index >= 15 is 0 Å². The number of carbonyl (C=O) groups excluding carboxylic acids is 3. The van der Waals surface area contributed by atoms with Crippen molar-refractivity contribution in [2.75, 3.05) is 6.54 Å². The molecule has 0 spiro atoms. The number of likely N-dealkylation sites (tertiary alicyclic amines) is 1. The Labute approximate surface area is 221 Å². The third-order valence-corrected chi connectivity index (χ3v) is 6.97. The van der Waals surface area contributed by atoms with Gasteiger partial charge in [-0.05, 0) is 50.3 Å². The molecule has 9 nitrogen and oxygen atoms in total. The second-order valence-corrected chi connectivity index (χ2v) is 9.70. The van der Waals surface area contributed by atoms with Gasteiger partial charge in [0, 0.05) is 19.1 Å². The molecule has 1 fully saturated rings. The van der Waals surface area contributed by atoms with Gasteiger partial charge in [0.05, 0.1) is 18.0 Å². The summed E-state index contributed by atoms with van der Waals surface area (Å²) in [6, 6.07) is 11.9. The Morgan fingerprint density at radius 1 is 1.11 bits per heavy atom. The quantitative estimate of drug-likeness (QED) is 0.340. The van der Waals surface area contributed by atoms with Crippen LogP contribution in [0.4, 0.5) is 9.18 Å². The van der Waals surface area contributed by atoms with E-state index in [0.717, 1.165) is 31.2 Å². The van der Waals surface area contributed by atoms with Crippen LogP contribution in [0.3, 0.4) is 0 Å². The van der Waals surface area contributed by atoms with E-state index in [2.05, 4.69) is 25.9 Å². The number of carbonyl (C=O) groups is 3. The highest BCUT2D eigenvalue weighted by atomic mass is 19.1. The van der Waals surface area contributed by atoms with Crippen LogP contribution in [0.2, 0.25) is 0 Å². The Morgan fingerprint density at radius 2 is 1.89 bits per heavy atom. The second-order valence-electron chi connectivity index (χ2n) is 9.70. The molecular formula is C28H35FN6O3. The summed E-state index contributed by atoms with van der Waals surface area (Å²) in [6.45, 7) is 4.68. The standard InChI is InChI=1S/C28H35FN6O3/c1-3-20-12-7-8-15-35(20)24(36)16-23(33-28(38)30-17-19-10-5-4-6-11-19)27(37)31-18(2)26-32-22-14-9-13-21(29)25(22)34-26/h4-6,9-11,13-14,18,20,23H,3,7-8,12,15-17H2,1-2H3,(H,31,37)(H,32,34)(H2,30,33,38)/t18?,20-,23?/m0/s1. The number of halogens is 1. The largest absolute Gasteiger partial charge is 0.345 e. The van der Waals surface area contributed by atoms with Crippen molar-refractivity contribution in [2.45, 2.75) is 70.6 Å². The van der Waals surface area contributed by atoms with Crippen LogP contribution in [0.5, 0.6) is 0 Å². The predicted octanol–water partition coefficient (Wildman–Crippen LogP) is 3.93. The van der Waals surface area contributed by atoms with Gasteiger partial charge in [-0.2, -0.15) is 0 Å². The SMILES string of the molecule is CC[C@H]1CCCCN1C(=O)CC(NC(=O)NCc1ccccc1)C(=O)NC(C)c1nc2c(F)cccc2[nH]1. The van der Waals surface area contributed by atoms with Gasteiger partial charge in [-0.15, -0.1) is 0 Å². The van der Waals surface area contributed by atoms with E-state index < -0.39 is 29.8 Å². The van der Waals surface area contributed by atoms with Gasteiger partial charge in [-0.3, -0.25) is 9.59 Å². The summed E-state index contributed by atoms with van der Waals surface area (Å²) in [6.07, 6.45) is 3.60. The zero-order chi connectivity index (χ0) is 27.1. The maximum Gasteiger partial charge on any atom is 0.315 e. The van der Waals surface area contributed by atoms with Gasteiger partial charge in [0.1, 0.15) is 17.4 Å². The first-order valence-corrected chi connectivity index (χ1v) is 13.2. The second kappa shape index (κ2) is 12.5. The molecule has 38 heavy (non-hydrogen) atoms. The van der Waals surface area contributed by atoms with Gasteiger partial charge < -0.3 is 25.8 Å². The molecule has 202 valence electrons. The minimum absolute atomic E-state index is 0.135. The van der Waals surface area contributed by atoms with Crippen molar-refractivity contribution in [1.29, 1.82) is 0 Å². The molecule has 4 rings (SSSR count). The lowest BCUT2D eigenvalue weighted by molar-refractivity contribution is -0.138. The van der Waals surface area contributed by atoms with Gasteiger partial charge in [-0.1, -0.05) is 43.3 Å². The summed E-state index contributed by atoms with van der Waals surface area (Å²) in [4.78, 5) is 48.5. The highest BCUT2D eigenvalue weighted by molar-refractivity contribution is 5.92. The smallest absolute Gasteiger partial charge is 0.315 e. The number of aromatic nitrogens is 2. The summed E-state index contributed by atoms with van der Waals surface area (Å²) in [7, 11) is 0. The minimum atomic E-state index is -1.10. The molecule has 3 aromatic rings. The Morgan fingerprint density at radius 3 is 2.63 bits per heavy atom. The minimum Gasteiger partial charge on any atom is -0.345 e. The van der Waals surface area contributed by atoms with Gasteiger partial charge in [-0.25, -0.2) is 14.2 Å². The van der Waals surface area contributed by atoms with Gasteiger partial charge in [0.2, 0.25) is 11.8 Å². The van der Waals surface area contributed by atoms with E-state index in [1.165, 1.54) is 6.07 Å². The third-order valence-electron chi connectivity index (χ3n) is 6.97. The fourth-order valence-electron chi connectivity index (χ4n) is 4.85. The number of nitrogens with zero attached hydrogens (tertiary/aromatic N) is 2. The molecular weight excluding hydrogens is 487 g/mol. The van der Waals surface area contributed by atoms with E-state index in [1.54, 1.807) is 19.1 Å². The van der Waals surface area contributed by atoms with Gasteiger partial charge in [0.15, 0.2) is 5.82 Å². The number of urea groups is 1. The molecule has 1 aliphatic rings. The molecule has 4 amide bonds. The molecule has 1 aliphatic heterocycles. The molecule has 0 radical (unpaired) electrons. The normalized spacial score (nSPS) is 17.0. The van der Waals surface area contributed by atoms with Crippen LogP contribution in [-0.2, 0) is 16.1 Å². The fourth-order valence-corrected chi connectivity index (χ4v) is 4.85. The summed E-state index contributed by atoms with van der Waals surface area (Å²) in [5.74, 6) is -0.778. The molecule has 2 heterocycles. The van der Waals surface area contributed by atoms with Crippen LogP contribution in [0.25, 0.3) is 11.0 Å². The zero-order valence-electron chi connectivity index (χ0n) is 21.8. The molecule has 4 N–H and O–H groups in total. The van der Waals surface area contributed by atoms with Crippen LogP contribution >= 0.6 is 0 Å². The number of aromatic amines is 1. The fraction of sp³-hybridized carbons (Fsp3) is 0.429. The lowest BCUT2D eigenvalue weighted by Gasteiger charge is -2.36. The molecule has 0 aliphatic carbocycles. The van der Waals surface area contributed by atoms with Crippen molar-refractivity contribution in [2.24, 2.45) is 0 Å². The van der Waals surface area contributed by atoms with E-state index in [1.807, 2.05) is 42.2 Å². The molecule has 0 bridgehead atoms. The van der Waals surface area contributed by atoms with Crippen molar-refractivity contribution in [3.63, 3.8) is 0 Å². The lowest BCUT2D eigenvalue weighted by Crippen LogP contribution is -2.53. The number of nitrogens with one attached hydrogen (secondary N) is 4. The number of fused-ring (bicyclic) bond motifs is 1. The zero-order valence-corrected chi connectivity index (χ0v) is 21.8. The molecule has 1 saturated heterocycles. The van der Waals surface area contributed by atoms with E-state index in [4.69, 9.17) is 0 Å². The number of H-pyrrole nitrogens is 1. The Kier molecular flexibility index (Phi) is 8.93. The first-order valence-electron chi connectivity index (χ1n) is 13.2. The van der Waals surface area contributed by atoms with E-state index in [9.17, 15) is 18.8 Å². The Balaban J connectivity index is 1.46. The van der Waals surface area contributed by atoms with Crippen LogP contribution in [0.1, 0.15) is 63.4 Å². The number of imidazole rings is 1. The topological polar surface area (TPSA) is 119 Å². The van der Waals surface area contributed by atoms with Crippen LogP contribution < -0.4 is 16.0 Å². The number of benzene rings is 2. The highest BCUT2D eigenvalue weighted by Crippen LogP contribution is 2.21. The average molecular weight is 523 g/mol. The first-order chi connectivity index (χ1) is 18.4. The Bertz CT molecular complexity index is 1260. The number of amides is 4. The van der Waals surface area contributed by atoms with E-state index in [-0.39, 0.29) is 30.4 Å². The monoisotopic (exact) mass is 522 g/mol. The molecule has 3 atom stereocenters. The van der Waals surface area contributed by atoms with Crippen LogP contribution in [0, 0.1) is 5.82 Å². The maximum absolute atomic E-state index is 14.1. The van der Waals surface area contributed by atoms with Crippen molar-refractivity contribution < 1.29 is 18.8 Å². The van der Waals surface area contributed by atoms with Crippen molar-refractivity contribution in [1.82, 2.24) is 30.8 Å². The average Bonchev–Trinajstić information content (AvgIpc) is 3.38. The number of hydrogen-bond acceptors (Lipinski definition) is 4. The number of para-hydroxylation sites is 1. The predicted molar refractivity (Wildman–Crippen MR) is 142 cm³/mol. The first kappa shape index (κ1) is 27.1. The summed E-state index contributed by atoms with van der Waals surface area (Å²) in [5, 5.41) is 8.25. The molecule has 2 aromatic carbocycles. The summed E-state index contributed by atoms with van der Waals surface area (Å²) >= 11 is 0. The number of piperidine rings is 1. The molecule has 1 aromatic heterocycles. The molecule has 0 saturated carbocycles. The summed E-state index contributed by atoms with van der Waals surface area (Å²) in [5.41, 5.74) is 1.61. The summed E-state index contributed by atoms with van der Waals surface area (Å²) < 4.78 is 14.1. The van der Waals surface area contributed by atoms with Crippen molar-refractivity contribution in [3.05, 3.63) is 65.7 Å². The van der Waals surface area contributed by atoms with Gasteiger partial charge in [0.25, 0.3) is 0 Å². The number of hydrogen-bond donors (Lipinski definition) is 4.